The molecule has 0 amide bonds. The van der Waals surface area contributed by atoms with Gasteiger partial charge in [0.25, 0.3) is 0 Å². The Morgan fingerprint density at radius 1 is 1.42 bits per heavy atom. The first-order valence-corrected chi connectivity index (χ1v) is 6.85. The molecule has 0 radical (unpaired) electrons. The summed E-state index contributed by atoms with van der Waals surface area (Å²) in [6, 6.07) is 4.45. The number of pyridine rings is 1. The zero-order valence-corrected chi connectivity index (χ0v) is 11.1. The monoisotopic (exact) mass is 261 g/mol. The van der Waals surface area contributed by atoms with Gasteiger partial charge in [-0.15, -0.1) is 0 Å². The molecule has 1 atom stereocenters. The molecular weight excluding hydrogens is 242 g/mol. The fourth-order valence-corrected chi connectivity index (χ4v) is 2.71. The van der Waals surface area contributed by atoms with Crippen LogP contribution in [-0.2, 0) is 0 Å². The van der Waals surface area contributed by atoms with Crippen molar-refractivity contribution in [2.45, 2.75) is 38.3 Å². The van der Waals surface area contributed by atoms with E-state index in [0.717, 1.165) is 31.2 Å². The van der Waals surface area contributed by atoms with Crippen LogP contribution < -0.4 is 5.32 Å². The summed E-state index contributed by atoms with van der Waals surface area (Å²) in [5.41, 5.74) is 1.10. The summed E-state index contributed by atoms with van der Waals surface area (Å²) >= 11 is 0. The lowest BCUT2D eigenvalue weighted by Gasteiger charge is -2.17. The van der Waals surface area contributed by atoms with E-state index in [1.165, 1.54) is 12.8 Å². The molecule has 5 heteroatoms. The summed E-state index contributed by atoms with van der Waals surface area (Å²) in [5, 5.41) is 12.5. The molecule has 2 N–H and O–H groups in total. The first-order chi connectivity index (χ1) is 9.13. The Kier molecular flexibility index (Phi) is 3.14. The Labute approximate surface area is 112 Å². The number of anilines is 1. The van der Waals surface area contributed by atoms with Crippen molar-refractivity contribution in [3.05, 3.63) is 23.4 Å². The maximum atomic E-state index is 11.2. The van der Waals surface area contributed by atoms with Crippen molar-refractivity contribution in [2.75, 3.05) is 18.4 Å². The van der Waals surface area contributed by atoms with Crippen LogP contribution in [0.5, 0.6) is 0 Å². The lowest BCUT2D eigenvalue weighted by atomic mass is 10.2. The van der Waals surface area contributed by atoms with Crippen LogP contribution in [0.4, 0.5) is 5.82 Å². The number of rotatable bonds is 4. The molecule has 2 fully saturated rings. The molecule has 5 nitrogen and oxygen atoms in total. The van der Waals surface area contributed by atoms with Crippen LogP contribution in [0.25, 0.3) is 0 Å². The molecule has 2 heterocycles. The van der Waals surface area contributed by atoms with Crippen LogP contribution >= 0.6 is 0 Å². The Balaban J connectivity index is 1.72. The van der Waals surface area contributed by atoms with E-state index >= 15 is 0 Å². The van der Waals surface area contributed by atoms with Crippen LogP contribution in [0.1, 0.15) is 35.3 Å². The highest BCUT2D eigenvalue weighted by Crippen LogP contribution is 2.30. The number of aryl methyl sites for hydroxylation is 1. The normalized spacial score (nSPS) is 23.5. The summed E-state index contributed by atoms with van der Waals surface area (Å²) in [6.45, 7) is 3.98. The Hall–Kier alpha value is -1.62. The highest BCUT2D eigenvalue weighted by atomic mass is 16.4. The second-order valence-electron chi connectivity index (χ2n) is 5.51. The molecule has 0 bridgehead atoms. The number of nitrogens with one attached hydrogen (secondary N) is 1. The molecule has 1 saturated carbocycles. The Morgan fingerprint density at radius 2 is 2.21 bits per heavy atom. The van der Waals surface area contributed by atoms with Gasteiger partial charge in [0.1, 0.15) is 11.4 Å². The lowest BCUT2D eigenvalue weighted by Crippen LogP contribution is -2.28. The largest absolute Gasteiger partial charge is 0.478 e. The van der Waals surface area contributed by atoms with Gasteiger partial charge >= 0.3 is 5.97 Å². The van der Waals surface area contributed by atoms with E-state index in [1.54, 1.807) is 12.1 Å². The molecule has 1 unspecified atom stereocenters. The van der Waals surface area contributed by atoms with Gasteiger partial charge in [-0.1, -0.05) is 0 Å². The van der Waals surface area contributed by atoms with Gasteiger partial charge < -0.3 is 10.4 Å². The van der Waals surface area contributed by atoms with Crippen molar-refractivity contribution in [2.24, 2.45) is 0 Å². The summed E-state index contributed by atoms with van der Waals surface area (Å²) in [6.07, 6.45) is 3.69. The number of hydrogen-bond acceptors (Lipinski definition) is 4. The van der Waals surface area contributed by atoms with Crippen LogP contribution in [0.3, 0.4) is 0 Å². The summed E-state index contributed by atoms with van der Waals surface area (Å²) in [5.74, 6) is -0.415. The molecule has 1 aromatic rings. The minimum Gasteiger partial charge on any atom is -0.478 e. The topological polar surface area (TPSA) is 65.5 Å². The van der Waals surface area contributed by atoms with Crippen LogP contribution in [0.2, 0.25) is 0 Å². The van der Waals surface area contributed by atoms with E-state index in [0.29, 0.717) is 11.9 Å². The van der Waals surface area contributed by atoms with Crippen LogP contribution in [0, 0.1) is 6.92 Å². The van der Waals surface area contributed by atoms with Crippen molar-refractivity contribution in [1.29, 1.82) is 0 Å². The van der Waals surface area contributed by atoms with E-state index < -0.39 is 5.97 Å². The van der Waals surface area contributed by atoms with E-state index in [1.807, 2.05) is 6.92 Å². The standard InChI is InChI=1S/C14H19N3O2/c1-9-2-5-12(14(18)19)13(15-9)16-10-6-7-17(8-10)11-3-4-11/h2,5,10-11H,3-4,6-8H2,1H3,(H,15,16)(H,18,19). The molecular formula is C14H19N3O2. The molecule has 1 aliphatic heterocycles. The molecule has 3 rings (SSSR count). The smallest absolute Gasteiger partial charge is 0.339 e. The quantitative estimate of drug-likeness (QED) is 0.864. The number of carboxylic acid groups (broad SMARTS) is 1. The number of aromatic nitrogens is 1. The minimum absolute atomic E-state index is 0.260. The third-order valence-electron chi connectivity index (χ3n) is 3.89. The SMILES string of the molecule is Cc1ccc(C(=O)O)c(NC2CCN(C3CC3)C2)n1. The van der Waals surface area contributed by atoms with Gasteiger partial charge in [0.05, 0.1) is 0 Å². The van der Waals surface area contributed by atoms with Crippen LogP contribution in [-0.4, -0.2) is 46.1 Å². The minimum atomic E-state index is -0.924. The van der Waals surface area contributed by atoms with Crippen LogP contribution in [0.15, 0.2) is 12.1 Å². The van der Waals surface area contributed by atoms with Gasteiger partial charge in [-0.3, -0.25) is 4.90 Å². The summed E-state index contributed by atoms with van der Waals surface area (Å²) in [7, 11) is 0. The molecule has 1 saturated heterocycles. The molecule has 2 aliphatic rings. The summed E-state index contributed by atoms with van der Waals surface area (Å²) < 4.78 is 0. The second-order valence-corrected chi connectivity index (χ2v) is 5.51. The van der Waals surface area contributed by atoms with E-state index in [2.05, 4.69) is 15.2 Å². The lowest BCUT2D eigenvalue weighted by molar-refractivity contribution is 0.0697. The molecule has 102 valence electrons. The zero-order valence-electron chi connectivity index (χ0n) is 11.1. The fraction of sp³-hybridized carbons (Fsp3) is 0.571. The van der Waals surface area contributed by atoms with Crippen molar-refractivity contribution in [3.63, 3.8) is 0 Å². The maximum Gasteiger partial charge on any atom is 0.339 e. The van der Waals surface area contributed by atoms with Gasteiger partial charge in [0, 0.05) is 30.9 Å². The fourth-order valence-electron chi connectivity index (χ4n) is 2.71. The van der Waals surface area contributed by atoms with Gasteiger partial charge in [0.2, 0.25) is 0 Å². The second kappa shape index (κ2) is 4.81. The number of likely N-dealkylation sites (tertiary alicyclic amines) is 1. The molecule has 0 aromatic carbocycles. The van der Waals surface area contributed by atoms with Crippen molar-refractivity contribution < 1.29 is 9.90 Å². The number of carbonyl (C=O) groups is 1. The van der Waals surface area contributed by atoms with Gasteiger partial charge in [-0.2, -0.15) is 0 Å². The first-order valence-electron chi connectivity index (χ1n) is 6.85. The van der Waals surface area contributed by atoms with E-state index in [4.69, 9.17) is 0 Å². The van der Waals surface area contributed by atoms with Gasteiger partial charge in [-0.05, 0) is 38.3 Å². The highest BCUT2D eigenvalue weighted by molar-refractivity contribution is 5.93. The Bertz CT molecular complexity index is 499. The van der Waals surface area contributed by atoms with Crippen molar-refractivity contribution >= 4 is 11.8 Å². The molecule has 19 heavy (non-hydrogen) atoms. The predicted molar refractivity (Wildman–Crippen MR) is 72.6 cm³/mol. The van der Waals surface area contributed by atoms with Crippen molar-refractivity contribution in [3.8, 4) is 0 Å². The maximum absolute atomic E-state index is 11.2. The number of nitrogens with zero attached hydrogens (tertiary/aromatic N) is 2. The average Bonchev–Trinajstić information content (AvgIpc) is 3.10. The molecule has 1 aromatic heterocycles. The molecule has 0 spiro atoms. The number of aromatic carboxylic acids is 1. The average molecular weight is 261 g/mol. The highest BCUT2D eigenvalue weighted by Gasteiger charge is 2.34. The first kappa shape index (κ1) is 12.4. The zero-order chi connectivity index (χ0) is 13.4. The van der Waals surface area contributed by atoms with Gasteiger partial charge in [0.15, 0.2) is 0 Å². The third kappa shape index (κ3) is 2.71. The third-order valence-corrected chi connectivity index (χ3v) is 3.89. The van der Waals surface area contributed by atoms with Crippen molar-refractivity contribution in [1.82, 2.24) is 9.88 Å². The Morgan fingerprint density at radius 3 is 2.89 bits per heavy atom. The number of carboxylic acids is 1. The predicted octanol–water partition coefficient (Wildman–Crippen LogP) is 1.74. The van der Waals surface area contributed by atoms with E-state index in [9.17, 15) is 9.90 Å². The number of hydrogen-bond donors (Lipinski definition) is 2. The molecule has 1 aliphatic carbocycles. The summed E-state index contributed by atoms with van der Waals surface area (Å²) in [4.78, 5) is 18.0. The van der Waals surface area contributed by atoms with Gasteiger partial charge in [-0.25, -0.2) is 9.78 Å². The van der Waals surface area contributed by atoms with E-state index in [-0.39, 0.29) is 5.56 Å².